The van der Waals surface area contributed by atoms with E-state index in [1.807, 2.05) is 18.3 Å². The van der Waals surface area contributed by atoms with Gasteiger partial charge in [-0.25, -0.2) is 4.98 Å². The van der Waals surface area contributed by atoms with Crippen molar-refractivity contribution in [2.45, 2.75) is 46.6 Å². The number of rotatable bonds is 8. The lowest BCUT2D eigenvalue weighted by Gasteiger charge is -2.22. The van der Waals surface area contributed by atoms with Crippen molar-refractivity contribution in [3.8, 4) is 10.6 Å². The minimum Gasteiger partial charge on any atom is -0.396 e. The van der Waals surface area contributed by atoms with E-state index in [0.29, 0.717) is 0 Å². The Hall–Kier alpha value is -1.30. The molecule has 0 saturated heterocycles. The Morgan fingerprint density at radius 1 is 1.39 bits per heavy atom. The van der Waals surface area contributed by atoms with Crippen molar-refractivity contribution in [1.82, 2.24) is 15.3 Å². The van der Waals surface area contributed by atoms with Gasteiger partial charge in [-0.05, 0) is 50.8 Å². The van der Waals surface area contributed by atoms with E-state index in [1.165, 1.54) is 4.88 Å². The molecule has 0 aromatic carbocycles. The van der Waals surface area contributed by atoms with Gasteiger partial charge in [-0.2, -0.15) is 0 Å². The number of nitrogens with one attached hydrogen (secondary N) is 1. The van der Waals surface area contributed by atoms with Gasteiger partial charge < -0.3 is 10.4 Å². The fourth-order valence-corrected chi connectivity index (χ4v) is 3.56. The van der Waals surface area contributed by atoms with Gasteiger partial charge in [0.2, 0.25) is 0 Å². The summed E-state index contributed by atoms with van der Waals surface area (Å²) in [6.07, 6.45) is 5.72. The maximum atomic E-state index is 9.30. The number of hydrogen-bond donors (Lipinski definition) is 2. The third-order valence-electron chi connectivity index (χ3n) is 4.04. The first-order valence-corrected chi connectivity index (χ1v) is 8.96. The number of aliphatic hydroxyl groups is 1. The molecular weight excluding hydrogens is 306 g/mol. The SMILES string of the molecule is Cc1nc(-c2cccnc2)sc1C(C)NCCCC(C)(C)CO. The maximum absolute atomic E-state index is 9.30. The third kappa shape index (κ3) is 5.09. The normalized spacial score (nSPS) is 13.3. The summed E-state index contributed by atoms with van der Waals surface area (Å²) in [7, 11) is 0. The zero-order chi connectivity index (χ0) is 16.9. The average Bonchev–Trinajstić information content (AvgIpc) is 2.94. The van der Waals surface area contributed by atoms with Crippen molar-refractivity contribution in [2.75, 3.05) is 13.2 Å². The lowest BCUT2D eigenvalue weighted by molar-refractivity contribution is 0.147. The van der Waals surface area contributed by atoms with Crippen molar-refractivity contribution < 1.29 is 5.11 Å². The molecule has 0 aliphatic heterocycles. The van der Waals surface area contributed by atoms with Crippen LogP contribution in [0.5, 0.6) is 0 Å². The van der Waals surface area contributed by atoms with E-state index in [2.05, 4.69) is 43.0 Å². The molecule has 0 saturated carbocycles. The van der Waals surface area contributed by atoms with Gasteiger partial charge in [0.15, 0.2) is 0 Å². The molecule has 0 fully saturated rings. The molecule has 2 aromatic rings. The number of aryl methyl sites for hydroxylation is 1. The summed E-state index contributed by atoms with van der Waals surface area (Å²) in [6, 6.07) is 4.27. The van der Waals surface area contributed by atoms with Crippen LogP contribution in [0.4, 0.5) is 0 Å². The molecule has 0 spiro atoms. The summed E-state index contributed by atoms with van der Waals surface area (Å²) in [5.41, 5.74) is 2.17. The molecule has 0 bridgehead atoms. The van der Waals surface area contributed by atoms with Gasteiger partial charge in [0.05, 0.1) is 5.69 Å². The highest BCUT2D eigenvalue weighted by atomic mass is 32.1. The van der Waals surface area contributed by atoms with Gasteiger partial charge in [-0.15, -0.1) is 11.3 Å². The highest BCUT2D eigenvalue weighted by molar-refractivity contribution is 7.15. The van der Waals surface area contributed by atoms with Crippen LogP contribution < -0.4 is 5.32 Å². The van der Waals surface area contributed by atoms with Gasteiger partial charge in [0.1, 0.15) is 5.01 Å². The lowest BCUT2D eigenvalue weighted by atomic mass is 9.89. The smallest absolute Gasteiger partial charge is 0.125 e. The van der Waals surface area contributed by atoms with Gasteiger partial charge in [0.25, 0.3) is 0 Å². The number of thiazole rings is 1. The van der Waals surface area contributed by atoms with Crippen LogP contribution in [0.3, 0.4) is 0 Å². The van der Waals surface area contributed by atoms with Crippen LogP contribution in [-0.4, -0.2) is 28.2 Å². The van der Waals surface area contributed by atoms with Crippen molar-refractivity contribution in [1.29, 1.82) is 0 Å². The van der Waals surface area contributed by atoms with Gasteiger partial charge in [-0.3, -0.25) is 4.98 Å². The summed E-state index contributed by atoms with van der Waals surface area (Å²) in [6.45, 7) is 9.65. The maximum Gasteiger partial charge on any atom is 0.125 e. The van der Waals surface area contributed by atoms with Crippen molar-refractivity contribution in [3.63, 3.8) is 0 Å². The molecule has 4 nitrogen and oxygen atoms in total. The molecule has 2 N–H and O–H groups in total. The second kappa shape index (κ2) is 7.99. The average molecular weight is 334 g/mol. The predicted octanol–water partition coefficient (Wildman–Crippen LogP) is 3.96. The van der Waals surface area contributed by atoms with Crippen LogP contribution in [0.25, 0.3) is 10.6 Å². The second-order valence-corrected chi connectivity index (χ2v) is 7.84. The highest BCUT2D eigenvalue weighted by Crippen LogP contribution is 2.31. The monoisotopic (exact) mass is 333 g/mol. The van der Waals surface area contributed by atoms with Crippen molar-refractivity contribution >= 4 is 11.3 Å². The predicted molar refractivity (Wildman–Crippen MR) is 96.6 cm³/mol. The first-order chi connectivity index (χ1) is 10.9. The Bertz CT molecular complexity index is 610. The molecule has 2 heterocycles. The molecule has 0 aliphatic rings. The summed E-state index contributed by atoms with van der Waals surface area (Å²) in [4.78, 5) is 10.1. The molecule has 1 atom stereocenters. The van der Waals surface area contributed by atoms with E-state index in [9.17, 15) is 5.11 Å². The Kier molecular flexibility index (Phi) is 6.27. The van der Waals surface area contributed by atoms with Crippen LogP contribution >= 0.6 is 11.3 Å². The van der Waals surface area contributed by atoms with Gasteiger partial charge in [-0.1, -0.05) is 13.8 Å². The second-order valence-electron chi connectivity index (χ2n) is 6.81. The van der Waals surface area contributed by atoms with Crippen LogP contribution in [-0.2, 0) is 0 Å². The molecule has 0 aliphatic carbocycles. The summed E-state index contributed by atoms with van der Waals surface area (Å²) in [5.74, 6) is 0. The lowest BCUT2D eigenvalue weighted by Crippen LogP contribution is -2.23. The van der Waals surface area contributed by atoms with E-state index < -0.39 is 0 Å². The van der Waals surface area contributed by atoms with Gasteiger partial charge >= 0.3 is 0 Å². The van der Waals surface area contributed by atoms with Crippen LogP contribution in [0.15, 0.2) is 24.5 Å². The molecule has 0 amide bonds. The first-order valence-electron chi connectivity index (χ1n) is 8.15. The fourth-order valence-electron chi connectivity index (χ4n) is 2.48. The first kappa shape index (κ1) is 18.0. The number of hydrogen-bond acceptors (Lipinski definition) is 5. The van der Waals surface area contributed by atoms with E-state index in [-0.39, 0.29) is 18.1 Å². The van der Waals surface area contributed by atoms with E-state index in [1.54, 1.807) is 17.5 Å². The number of aromatic nitrogens is 2. The van der Waals surface area contributed by atoms with E-state index in [4.69, 9.17) is 0 Å². The molecule has 23 heavy (non-hydrogen) atoms. The van der Waals surface area contributed by atoms with Crippen LogP contribution in [0.2, 0.25) is 0 Å². The summed E-state index contributed by atoms with van der Waals surface area (Å²) < 4.78 is 0. The van der Waals surface area contributed by atoms with Crippen molar-refractivity contribution in [3.05, 3.63) is 35.1 Å². The largest absolute Gasteiger partial charge is 0.396 e. The molecule has 126 valence electrons. The Labute approximate surface area is 143 Å². The van der Waals surface area contributed by atoms with Gasteiger partial charge in [0, 0.05) is 35.5 Å². The Balaban J connectivity index is 1.93. The van der Waals surface area contributed by atoms with Crippen molar-refractivity contribution in [2.24, 2.45) is 5.41 Å². The molecule has 5 heteroatoms. The van der Waals surface area contributed by atoms with Crippen LogP contribution in [0.1, 0.15) is 50.2 Å². The number of aliphatic hydroxyl groups excluding tert-OH is 1. The topological polar surface area (TPSA) is 58.0 Å². The summed E-state index contributed by atoms with van der Waals surface area (Å²) in [5, 5.41) is 13.9. The Morgan fingerprint density at radius 3 is 2.83 bits per heavy atom. The van der Waals surface area contributed by atoms with Crippen LogP contribution in [0, 0.1) is 12.3 Å². The zero-order valence-electron chi connectivity index (χ0n) is 14.5. The summed E-state index contributed by atoms with van der Waals surface area (Å²) >= 11 is 1.74. The molecule has 1 unspecified atom stereocenters. The Morgan fingerprint density at radius 2 is 2.17 bits per heavy atom. The molecule has 0 radical (unpaired) electrons. The minimum absolute atomic E-state index is 0.0127. The fraction of sp³-hybridized carbons (Fsp3) is 0.556. The quantitative estimate of drug-likeness (QED) is 0.718. The number of nitrogens with zero attached hydrogens (tertiary/aromatic N) is 2. The zero-order valence-corrected chi connectivity index (χ0v) is 15.3. The van der Waals surface area contributed by atoms with E-state index >= 15 is 0 Å². The third-order valence-corrected chi connectivity index (χ3v) is 5.43. The number of pyridine rings is 1. The molecular formula is C18H27N3OS. The van der Waals surface area contributed by atoms with E-state index in [0.717, 1.165) is 35.7 Å². The minimum atomic E-state index is 0.0127. The molecule has 2 rings (SSSR count). The molecule has 2 aromatic heterocycles. The highest BCUT2D eigenvalue weighted by Gasteiger charge is 2.17. The standard InChI is InChI=1S/C18H27N3OS/c1-13(20-10-6-8-18(3,4)12-22)16-14(2)21-17(23-16)15-7-5-9-19-11-15/h5,7,9,11,13,20,22H,6,8,10,12H2,1-4H3.